The second-order valence-corrected chi connectivity index (χ2v) is 5.13. The molecule has 8 nitrogen and oxygen atoms in total. The van der Waals surface area contributed by atoms with Crippen LogP contribution in [0.4, 0.5) is 22.7 Å². The van der Waals surface area contributed by atoms with Crippen molar-refractivity contribution in [2.24, 2.45) is 0 Å². The summed E-state index contributed by atoms with van der Waals surface area (Å²) in [6.45, 7) is 4.92. The lowest BCUT2D eigenvalue weighted by Crippen LogP contribution is -2.02. The van der Waals surface area contributed by atoms with Crippen molar-refractivity contribution in [1.29, 1.82) is 0 Å². The van der Waals surface area contributed by atoms with E-state index in [1.807, 2.05) is 13.8 Å². The molecule has 2 aromatic rings. The van der Waals surface area contributed by atoms with Crippen molar-refractivity contribution >= 4 is 22.7 Å². The number of anilines is 4. The Balaban J connectivity index is 0.000000263. The average Bonchev–Trinajstić information content (AvgIpc) is 2.61. The number of nitrogen functional groups attached to an aromatic ring is 4. The monoisotopic (exact) mass is 364 g/mol. The summed E-state index contributed by atoms with van der Waals surface area (Å²) in [5.41, 5.74) is 24.8. The number of methoxy groups -OCH3 is 2. The molecule has 8 N–H and O–H groups in total. The fourth-order valence-electron chi connectivity index (χ4n) is 2.10. The zero-order chi connectivity index (χ0) is 19.7. The molecule has 0 aliphatic heterocycles. The molecule has 0 heterocycles. The maximum Gasteiger partial charge on any atom is 0.144 e. The first-order chi connectivity index (χ1) is 12.4. The van der Waals surface area contributed by atoms with Crippen LogP contribution in [0.5, 0.6) is 23.0 Å². The van der Waals surface area contributed by atoms with Crippen LogP contribution in [-0.2, 0) is 0 Å². The maximum atomic E-state index is 5.75. The highest BCUT2D eigenvalue weighted by molar-refractivity contribution is 5.68. The number of ether oxygens (including phenoxy) is 4. The lowest BCUT2D eigenvalue weighted by Gasteiger charge is -2.11. The Morgan fingerprint density at radius 2 is 0.846 bits per heavy atom. The van der Waals surface area contributed by atoms with E-state index in [0.29, 0.717) is 59.0 Å². The Labute approximate surface area is 153 Å². The average molecular weight is 364 g/mol. The largest absolute Gasteiger partial charge is 0.495 e. The second-order valence-electron chi connectivity index (χ2n) is 5.13. The first-order valence-electron chi connectivity index (χ1n) is 8.09. The lowest BCUT2D eigenvalue weighted by atomic mass is 10.2. The van der Waals surface area contributed by atoms with Crippen LogP contribution in [0.2, 0.25) is 0 Å². The van der Waals surface area contributed by atoms with Crippen molar-refractivity contribution in [3.63, 3.8) is 0 Å². The third kappa shape index (κ3) is 5.44. The number of benzene rings is 2. The van der Waals surface area contributed by atoms with Gasteiger partial charge >= 0.3 is 0 Å². The molecule has 0 aromatic heterocycles. The minimum atomic E-state index is 0.517. The summed E-state index contributed by atoms with van der Waals surface area (Å²) >= 11 is 0. The summed E-state index contributed by atoms with van der Waals surface area (Å²) in [5, 5.41) is 0. The molecule has 2 rings (SSSR count). The van der Waals surface area contributed by atoms with Crippen molar-refractivity contribution in [1.82, 2.24) is 0 Å². The van der Waals surface area contributed by atoms with Crippen LogP contribution < -0.4 is 41.9 Å². The third-order valence-corrected chi connectivity index (χ3v) is 3.32. The summed E-state index contributed by atoms with van der Waals surface area (Å²) in [4.78, 5) is 0. The lowest BCUT2D eigenvalue weighted by molar-refractivity contribution is 0.333. The van der Waals surface area contributed by atoms with Crippen molar-refractivity contribution < 1.29 is 18.9 Å². The minimum absolute atomic E-state index is 0.517. The molecule has 0 unspecified atom stereocenters. The van der Waals surface area contributed by atoms with Gasteiger partial charge in [-0.15, -0.1) is 0 Å². The van der Waals surface area contributed by atoms with E-state index in [9.17, 15) is 0 Å². The van der Waals surface area contributed by atoms with Crippen molar-refractivity contribution in [2.45, 2.75) is 13.8 Å². The van der Waals surface area contributed by atoms with Crippen molar-refractivity contribution in [3.8, 4) is 23.0 Å². The van der Waals surface area contributed by atoms with Gasteiger partial charge < -0.3 is 41.9 Å². The molecule has 8 heteroatoms. The van der Waals surface area contributed by atoms with Crippen LogP contribution in [-0.4, -0.2) is 27.4 Å². The Hall–Kier alpha value is -3.16. The van der Waals surface area contributed by atoms with E-state index in [-0.39, 0.29) is 0 Å². The molecular weight excluding hydrogens is 336 g/mol. The van der Waals surface area contributed by atoms with Gasteiger partial charge in [-0.2, -0.15) is 0 Å². The normalized spacial score (nSPS) is 9.69. The van der Waals surface area contributed by atoms with Gasteiger partial charge in [0.15, 0.2) is 0 Å². The van der Waals surface area contributed by atoms with E-state index in [2.05, 4.69) is 0 Å². The predicted molar refractivity (Wildman–Crippen MR) is 106 cm³/mol. The molecule has 0 radical (unpaired) electrons. The highest BCUT2D eigenvalue weighted by Crippen LogP contribution is 2.33. The third-order valence-electron chi connectivity index (χ3n) is 3.32. The molecule has 0 amide bonds. The molecule has 0 saturated carbocycles. The Kier molecular flexibility index (Phi) is 8.01. The highest BCUT2D eigenvalue weighted by Gasteiger charge is 2.07. The molecule has 2 aromatic carbocycles. The summed E-state index contributed by atoms with van der Waals surface area (Å²) in [6.07, 6.45) is 0. The Morgan fingerprint density at radius 1 is 0.577 bits per heavy atom. The fourth-order valence-corrected chi connectivity index (χ4v) is 2.10. The van der Waals surface area contributed by atoms with Crippen LogP contribution in [0.25, 0.3) is 0 Å². The van der Waals surface area contributed by atoms with Crippen LogP contribution in [0.1, 0.15) is 13.8 Å². The highest BCUT2D eigenvalue weighted by atomic mass is 16.5. The first kappa shape index (κ1) is 20.9. The molecular formula is C18H28N4O4. The van der Waals surface area contributed by atoms with Gasteiger partial charge in [0, 0.05) is 24.3 Å². The second kappa shape index (κ2) is 9.97. The van der Waals surface area contributed by atoms with Gasteiger partial charge in [-0.25, -0.2) is 0 Å². The van der Waals surface area contributed by atoms with Gasteiger partial charge in [0.05, 0.1) is 50.2 Å². The van der Waals surface area contributed by atoms with Crippen LogP contribution in [0, 0.1) is 0 Å². The zero-order valence-electron chi connectivity index (χ0n) is 15.7. The van der Waals surface area contributed by atoms with Crippen molar-refractivity contribution in [3.05, 3.63) is 24.3 Å². The van der Waals surface area contributed by atoms with Crippen LogP contribution >= 0.6 is 0 Å². The van der Waals surface area contributed by atoms with Crippen LogP contribution in [0.3, 0.4) is 0 Å². The number of hydrogen-bond acceptors (Lipinski definition) is 8. The number of rotatable bonds is 6. The SMILES string of the molecule is CCOc1cc(N)c(OCC)cc1N.COc1cc(N)c(OC)cc1N. The predicted octanol–water partition coefficient (Wildman–Crippen LogP) is 2.52. The van der Waals surface area contributed by atoms with Gasteiger partial charge in [-0.05, 0) is 13.8 Å². The number of nitrogens with two attached hydrogens (primary N) is 4. The fraction of sp³-hybridized carbons (Fsp3) is 0.333. The van der Waals surface area contributed by atoms with E-state index >= 15 is 0 Å². The molecule has 144 valence electrons. The Bertz CT molecular complexity index is 661. The van der Waals surface area contributed by atoms with E-state index in [1.54, 1.807) is 24.3 Å². The van der Waals surface area contributed by atoms with E-state index in [4.69, 9.17) is 41.9 Å². The van der Waals surface area contributed by atoms with E-state index in [0.717, 1.165) is 0 Å². The smallest absolute Gasteiger partial charge is 0.144 e. The first-order valence-corrected chi connectivity index (χ1v) is 8.09. The van der Waals surface area contributed by atoms with Gasteiger partial charge in [0.1, 0.15) is 23.0 Å². The van der Waals surface area contributed by atoms with Gasteiger partial charge in [-0.3, -0.25) is 0 Å². The maximum absolute atomic E-state index is 5.75. The molecule has 0 atom stereocenters. The van der Waals surface area contributed by atoms with Gasteiger partial charge in [0.25, 0.3) is 0 Å². The standard InChI is InChI=1S/C10H16N2O2.C8H12N2O2/c1-3-13-9-5-8(12)10(14-4-2)6-7(9)11;1-11-7-3-6(10)8(12-2)4-5(7)9/h5-6H,3-4,11-12H2,1-2H3;3-4H,9-10H2,1-2H3. The van der Waals surface area contributed by atoms with Gasteiger partial charge in [-0.1, -0.05) is 0 Å². The van der Waals surface area contributed by atoms with E-state index in [1.165, 1.54) is 14.2 Å². The molecule has 0 saturated heterocycles. The molecule has 0 bridgehead atoms. The summed E-state index contributed by atoms with van der Waals surface area (Å²) in [6, 6.07) is 6.63. The molecule has 26 heavy (non-hydrogen) atoms. The zero-order valence-corrected chi connectivity index (χ0v) is 15.7. The minimum Gasteiger partial charge on any atom is -0.495 e. The van der Waals surface area contributed by atoms with E-state index < -0.39 is 0 Å². The quantitative estimate of drug-likeness (QED) is 0.573. The molecule has 0 aliphatic rings. The topological polar surface area (TPSA) is 141 Å². The van der Waals surface area contributed by atoms with Crippen LogP contribution in [0.15, 0.2) is 24.3 Å². The molecule has 0 spiro atoms. The molecule has 0 fully saturated rings. The summed E-state index contributed by atoms with van der Waals surface area (Å²) in [5.74, 6) is 2.34. The van der Waals surface area contributed by atoms with Gasteiger partial charge in [0.2, 0.25) is 0 Å². The Morgan fingerprint density at radius 3 is 1.12 bits per heavy atom. The summed E-state index contributed by atoms with van der Waals surface area (Å²) in [7, 11) is 3.08. The summed E-state index contributed by atoms with van der Waals surface area (Å²) < 4.78 is 20.5. The van der Waals surface area contributed by atoms with Crippen molar-refractivity contribution in [2.75, 3.05) is 50.4 Å². The molecule has 0 aliphatic carbocycles. The number of hydrogen-bond donors (Lipinski definition) is 4.